The van der Waals surface area contributed by atoms with Gasteiger partial charge < -0.3 is 26.2 Å². The molecular weight excluding hydrogens is 476 g/mol. The Morgan fingerprint density at radius 1 is 1.00 bits per heavy atom. The molecule has 3 heterocycles. The quantitative estimate of drug-likeness (QED) is 0.484. The third-order valence-corrected chi connectivity index (χ3v) is 8.55. The zero-order valence-electron chi connectivity index (χ0n) is 23.3. The lowest BCUT2D eigenvalue weighted by Crippen LogP contribution is -2.52. The fourth-order valence-corrected chi connectivity index (χ4v) is 6.24. The number of carbonyl (C=O) groups excluding carboxylic acids is 1. The summed E-state index contributed by atoms with van der Waals surface area (Å²) >= 11 is 0. The number of anilines is 4. The van der Waals surface area contributed by atoms with Crippen LogP contribution in [0.25, 0.3) is 0 Å². The van der Waals surface area contributed by atoms with E-state index in [9.17, 15) is 4.79 Å². The van der Waals surface area contributed by atoms with Gasteiger partial charge in [-0.05, 0) is 69.8 Å². The molecule has 2 aliphatic heterocycles. The van der Waals surface area contributed by atoms with Crippen molar-refractivity contribution >= 4 is 28.9 Å². The molecular formula is C29H44N8O. The van der Waals surface area contributed by atoms with Gasteiger partial charge in [0.2, 0.25) is 0 Å². The van der Waals surface area contributed by atoms with Gasteiger partial charge in [0.05, 0.1) is 5.69 Å². The molecule has 1 aromatic heterocycles. The van der Waals surface area contributed by atoms with Crippen LogP contribution in [0.1, 0.15) is 67.2 Å². The van der Waals surface area contributed by atoms with E-state index in [1.165, 1.54) is 63.1 Å². The van der Waals surface area contributed by atoms with E-state index in [0.29, 0.717) is 24.3 Å². The number of nitrogens with two attached hydrogens (primary N) is 1. The number of nitrogens with one attached hydrogen (secondary N) is 2. The fourth-order valence-electron chi connectivity index (χ4n) is 6.24. The molecule has 3 aliphatic rings. The first-order chi connectivity index (χ1) is 18.4. The van der Waals surface area contributed by atoms with Crippen molar-refractivity contribution in [2.45, 2.75) is 70.9 Å². The number of primary amides is 1. The number of aryl methyl sites for hydroxylation is 2. The second-order valence-corrected chi connectivity index (χ2v) is 11.2. The Hall–Kier alpha value is -2.91. The second kappa shape index (κ2) is 11.9. The molecule has 9 heteroatoms. The topological polar surface area (TPSA) is 103 Å². The summed E-state index contributed by atoms with van der Waals surface area (Å²) in [5, 5.41) is 6.92. The van der Waals surface area contributed by atoms with E-state index in [0.717, 1.165) is 43.1 Å². The predicted octanol–water partition coefficient (Wildman–Crippen LogP) is 3.76. The summed E-state index contributed by atoms with van der Waals surface area (Å²) in [7, 11) is 2.22. The highest BCUT2D eigenvalue weighted by Crippen LogP contribution is 2.31. The third kappa shape index (κ3) is 6.04. The maximum atomic E-state index is 12.3. The van der Waals surface area contributed by atoms with E-state index < -0.39 is 5.91 Å². The minimum absolute atomic E-state index is 0.187. The van der Waals surface area contributed by atoms with E-state index in [2.05, 4.69) is 62.5 Å². The van der Waals surface area contributed by atoms with Crippen molar-refractivity contribution in [2.75, 3.05) is 61.8 Å². The van der Waals surface area contributed by atoms with Crippen molar-refractivity contribution in [3.63, 3.8) is 0 Å². The molecule has 0 spiro atoms. The molecule has 0 radical (unpaired) electrons. The number of rotatable bonds is 8. The minimum Gasteiger partial charge on any atom is -0.371 e. The number of likely N-dealkylation sites (N-methyl/N-ethyl adjacent to an activating group) is 1. The number of amides is 1. The Labute approximate surface area is 227 Å². The average Bonchev–Trinajstić information content (AvgIpc) is 3.43. The zero-order chi connectivity index (χ0) is 26.6. The number of nitrogens with zero attached hydrogens (tertiary/aromatic N) is 5. The molecule has 5 rings (SSSR count). The van der Waals surface area contributed by atoms with Gasteiger partial charge >= 0.3 is 0 Å². The molecule has 9 nitrogen and oxygen atoms in total. The number of piperidine rings is 1. The lowest BCUT2D eigenvalue weighted by atomic mass is 10.0. The summed E-state index contributed by atoms with van der Waals surface area (Å²) in [4.78, 5) is 29.3. The average molecular weight is 521 g/mol. The van der Waals surface area contributed by atoms with Gasteiger partial charge in [-0.15, -0.1) is 0 Å². The minimum atomic E-state index is -0.571. The second-order valence-electron chi connectivity index (χ2n) is 11.2. The van der Waals surface area contributed by atoms with Crippen molar-refractivity contribution < 1.29 is 4.79 Å². The van der Waals surface area contributed by atoms with Gasteiger partial charge in [-0.3, -0.25) is 9.69 Å². The maximum Gasteiger partial charge on any atom is 0.271 e. The lowest BCUT2D eigenvalue weighted by molar-refractivity contribution is 0.0982. The molecule has 2 aromatic rings. The number of piperazine rings is 1. The van der Waals surface area contributed by atoms with Crippen LogP contribution in [0.4, 0.5) is 23.0 Å². The van der Waals surface area contributed by atoms with Gasteiger partial charge in [-0.1, -0.05) is 19.8 Å². The Morgan fingerprint density at radius 3 is 2.34 bits per heavy atom. The normalized spacial score (nSPS) is 20.1. The van der Waals surface area contributed by atoms with E-state index in [-0.39, 0.29) is 5.69 Å². The Bertz CT molecular complexity index is 1120. The number of benzene rings is 1. The van der Waals surface area contributed by atoms with Crippen LogP contribution in [0.3, 0.4) is 0 Å². The van der Waals surface area contributed by atoms with Crippen molar-refractivity contribution in [3.8, 4) is 0 Å². The van der Waals surface area contributed by atoms with Crippen LogP contribution < -0.4 is 21.3 Å². The summed E-state index contributed by atoms with van der Waals surface area (Å²) in [5.74, 6) is 0.595. The van der Waals surface area contributed by atoms with Crippen molar-refractivity contribution in [3.05, 3.63) is 35.2 Å². The van der Waals surface area contributed by atoms with Crippen LogP contribution in [0.2, 0.25) is 0 Å². The Morgan fingerprint density at radius 2 is 1.71 bits per heavy atom. The van der Waals surface area contributed by atoms with Gasteiger partial charge in [0.1, 0.15) is 5.82 Å². The molecule has 206 valence electrons. The van der Waals surface area contributed by atoms with E-state index in [4.69, 9.17) is 10.7 Å². The number of hydrogen-bond acceptors (Lipinski definition) is 8. The largest absolute Gasteiger partial charge is 0.371 e. The van der Waals surface area contributed by atoms with Crippen LogP contribution >= 0.6 is 0 Å². The van der Waals surface area contributed by atoms with Crippen LogP contribution in [0, 0.1) is 6.92 Å². The van der Waals surface area contributed by atoms with Crippen LogP contribution in [-0.4, -0.2) is 84.1 Å². The molecule has 2 saturated heterocycles. The number of carbonyl (C=O) groups is 1. The summed E-state index contributed by atoms with van der Waals surface area (Å²) in [6, 6.07) is 7.49. The highest BCUT2D eigenvalue weighted by atomic mass is 16.1. The standard InChI is InChI=1S/C29H44N8O/c1-4-24-28(31-21-7-5-6-8-21)34-29(26(33-24)27(30)38)32-22-9-10-25(20(2)19-22)37-13-11-23(12-14-37)36-17-15-35(3)16-18-36/h9-10,19,21,23H,4-8,11-18H2,1-3H3,(H2,30,38)(H2,31,32,34). The van der Waals surface area contributed by atoms with E-state index in [1.807, 2.05) is 6.92 Å². The highest BCUT2D eigenvalue weighted by Gasteiger charge is 2.27. The van der Waals surface area contributed by atoms with Crippen LogP contribution in [-0.2, 0) is 6.42 Å². The molecule has 1 amide bonds. The Kier molecular flexibility index (Phi) is 8.33. The van der Waals surface area contributed by atoms with Crippen LogP contribution in [0.5, 0.6) is 0 Å². The fraction of sp³-hybridized carbons (Fsp3) is 0.621. The summed E-state index contributed by atoms with van der Waals surface area (Å²) in [5.41, 5.74) is 10.0. The molecule has 0 bridgehead atoms. The molecule has 3 fully saturated rings. The van der Waals surface area contributed by atoms with Crippen molar-refractivity contribution in [2.24, 2.45) is 5.73 Å². The molecule has 1 aromatic carbocycles. The summed E-state index contributed by atoms with van der Waals surface area (Å²) < 4.78 is 0. The monoisotopic (exact) mass is 520 g/mol. The van der Waals surface area contributed by atoms with Gasteiger partial charge in [0, 0.05) is 62.7 Å². The molecule has 0 atom stereocenters. The molecule has 0 unspecified atom stereocenters. The highest BCUT2D eigenvalue weighted by molar-refractivity contribution is 5.96. The third-order valence-electron chi connectivity index (χ3n) is 8.55. The maximum absolute atomic E-state index is 12.3. The van der Waals surface area contributed by atoms with Crippen LogP contribution in [0.15, 0.2) is 18.2 Å². The van der Waals surface area contributed by atoms with Gasteiger partial charge in [-0.25, -0.2) is 9.97 Å². The van der Waals surface area contributed by atoms with Gasteiger partial charge in [0.15, 0.2) is 11.5 Å². The molecule has 1 saturated carbocycles. The molecule has 1 aliphatic carbocycles. The molecule has 38 heavy (non-hydrogen) atoms. The van der Waals surface area contributed by atoms with Crippen molar-refractivity contribution in [1.29, 1.82) is 0 Å². The lowest BCUT2D eigenvalue weighted by Gasteiger charge is -2.43. The zero-order valence-corrected chi connectivity index (χ0v) is 23.3. The smallest absolute Gasteiger partial charge is 0.271 e. The number of aromatic nitrogens is 2. The first-order valence-corrected chi connectivity index (χ1v) is 14.4. The first-order valence-electron chi connectivity index (χ1n) is 14.4. The SMILES string of the molecule is CCc1nc(C(N)=O)c(Nc2ccc(N3CCC(N4CCN(C)CC4)CC3)c(C)c2)nc1NC1CCCC1. The van der Waals surface area contributed by atoms with Gasteiger partial charge in [0.25, 0.3) is 5.91 Å². The summed E-state index contributed by atoms with van der Waals surface area (Å²) in [6.07, 6.45) is 7.84. The van der Waals surface area contributed by atoms with Gasteiger partial charge in [-0.2, -0.15) is 0 Å². The van der Waals surface area contributed by atoms with E-state index in [1.54, 1.807) is 0 Å². The summed E-state index contributed by atoms with van der Waals surface area (Å²) in [6.45, 7) is 11.1. The first kappa shape index (κ1) is 26.7. The predicted molar refractivity (Wildman–Crippen MR) is 155 cm³/mol. The Balaban J connectivity index is 1.28. The van der Waals surface area contributed by atoms with Crippen molar-refractivity contribution in [1.82, 2.24) is 19.8 Å². The molecule has 4 N–H and O–H groups in total. The number of hydrogen-bond donors (Lipinski definition) is 3. The van der Waals surface area contributed by atoms with E-state index >= 15 is 0 Å².